The number of hydrogen-bond donors (Lipinski definition) is 6. The predicted molar refractivity (Wildman–Crippen MR) is 304 cm³/mol. The van der Waals surface area contributed by atoms with Gasteiger partial charge in [0.2, 0.25) is 0 Å². The summed E-state index contributed by atoms with van der Waals surface area (Å²) in [5.74, 6) is 3.66. The van der Waals surface area contributed by atoms with Crippen LogP contribution in [0, 0.1) is 10.7 Å². The molecule has 17 heteroatoms. The van der Waals surface area contributed by atoms with Gasteiger partial charge in [-0.05, 0) is 218 Å². The molecule has 0 fully saturated rings. The minimum absolute atomic E-state index is 0. The molecule has 0 heterocycles. The Hall–Kier alpha value is -4.32. The molecular weight excluding hydrogens is 1240 g/mol. The van der Waals surface area contributed by atoms with Gasteiger partial charge < -0.3 is 50.5 Å². The zero-order valence-corrected chi connectivity index (χ0v) is 46.9. The average Bonchev–Trinajstić information content (AvgIpc) is 3.27. The molecule has 6 rings (SSSR count). The van der Waals surface area contributed by atoms with Crippen molar-refractivity contribution in [1.29, 1.82) is 0 Å². The summed E-state index contributed by atoms with van der Waals surface area (Å²) in [5, 5.41) is 32.0. The summed E-state index contributed by atoms with van der Waals surface area (Å²) in [5.41, 5.74) is 8.56. The van der Waals surface area contributed by atoms with Crippen molar-refractivity contribution in [1.82, 2.24) is 10.6 Å². The van der Waals surface area contributed by atoms with Crippen molar-refractivity contribution in [2.24, 2.45) is 5.73 Å². The molecule has 0 bridgehead atoms. The van der Waals surface area contributed by atoms with Crippen molar-refractivity contribution in [2.45, 2.75) is 72.0 Å². The maximum atomic E-state index is 11.6. The molecule has 7 N–H and O–H groups in total. The average molecular weight is 1300 g/mol. The molecule has 0 spiro atoms. The van der Waals surface area contributed by atoms with Crippen LogP contribution in [0.3, 0.4) is 0 Å². The van der Waals surface area contributed by atoms with Gasteiger partial charge >= 0.3 is 19.3 Å². The lowest BCUT2D eigenvalue weighted by Gasteiger charge is -2.19. The van der Waals surface area contributed by atoms with Gasteiger partial charge in [-0.1, -0.05) is 84.9 Å². The number of alkyl carbamates (subject to hydrolysis) is 2. The van der Waals surface area contributed by atoms with Gasteiger partial charge in [0.1, 0.15) is 39.9 Å². The molecule has 0 aliphatic rings. The third kappa shape index (κ3) is 26.5. The van der Waals surface area contributed by atoms with Crippen molar-refractivity contribution in [3.63, 3.8) is 0 Å². The van der Waals surface area contributed by atoms with Gasteiger partial charge in [0.15, 0.2) is 0 Å². The number of para-hydroxylation sites is 2. The largest absolute Gasteiger partial charge is 0.507 e. The van der Waals surface area contributed by atoms with Crippen LogP contribution in [0.5, 0.6) is 28.7 Å². The molecule has 370 valence electrons. The number of benzene rings is 6. The Bertz CT molecular complexity index is 2430. The molecule has 0 radical (unpaired) electrons. The van der Waals surface area contributed by atoms with Gasteiger partial charge in [0.25, 0.3) is 0 Å². The number of ether oxygens (including phenoxy) is 4. The number of hydrogen-bond acceptors (Lipinski definition) is 10. The second-order valence-corrected chi connectivity index (χ2v) is 20.3. The van der Waals surface area contributed by atoms with Gasteiger partial charge in [0.05, 0.1) is 10.7 Å². The molecule has 12 nitrogen and oxygen atoms in total. The Morgan fingerprint density at radius 2 is 0.913 bits per heavy atom. The van der Waals surface area contributed by atoms with E-state index in [0.717, 1.165) is 57.7 Å². The van der Waals surface area contributed by atoms with Crippen LogP contribution in [0.4, 0.5) is 9.59 Å². The van der Waals surface area contributed by atoms with E-state index in [-0.39, 0.29) is 24.2 Å². The number of nitrogens with one attached hydrogen (secondary N) is 2. The van der Waals surface area contributed by atoms with Crippen LogP contribution in [-0.2, 0) is 28.7 Å². The summed E-state index contributed by atoms with van der Waals surface area (Å²) in [6, 6.07) is 45.8. The van der Waals surface area contributed by atoms with Crippen LogP contribution in [0.2, 0.25) is 0 Å². The molecular formula is C52H62BClI3N3O9. The monoisotopic (exact) mass is 1300 g/mol. The molecule has 69 heavy (non-hydrogen) atoms. The fraction of sp³-hybridized carbons (Fsp3) is 0.269. The van der Waals surface area contributed by atoms with Crippen molar-refractivity contribution in [3.05, 3.63) is 173 Å². The Kier molecular flexibility index (Phi) is 28.0. The summed E-state index contributed by atoms with van der Waals surface area (Å²) < 4.78 is 25.0. The minimum atomic E-state index is -1.34. The van der Waals surface area contributed by atoms with Crippen LogP contribution in [-0.4, -0.2) is 65.3 Å². The van der Waals surface area contributed by atoms with Crippen molar-refractivity contribution in [3.8, 4) is 28.7 Å². The van der Waals surface area contributed by atoms with E-state index in [1.165, 1.54) is 5.56 Å². The third-order valence-corrected chi connectivity index (χ3v) is 11.2. The Balaban J connectivity index is 0.000000328. The quantitative estimate of drug-likeness (QED) is 0.0481. The molecule has 6 aromatic rings. The molecule has 0 saturated heterocycles. The van der Waals surface area contributed by atoms with Crippen LogP contribution in [0.1, 0.15) is 58.2 Å². The minimum Gasteiger partial charge on any atom is -0.507 e. The molecule has 0 aliphatic heterocycles. The van der Waals surface area contributed by atoms with E-state index in [4.69, 9.17) is 34.7 Å². The lowest BCUT2D eigenvalue weighted by Crippen LogP contribution is -2.33. The second-order valence-electron chi connectivity index (χ2n) is 16.8. The van der Waals surface area contributed by atoms with Gasteiger partial charge in [-0.3, -0.25) is 0 Å². The van der Waals surface area contributed by atoms with Crippen LogP contribution in [0.15, 0.2) is 146 Å². The van der Waals surface area contributed by atoms with E-state index >= 15 is 0 Å². The number of phenols is 1. The van der Waals surface area contributed by atoms with Gasteiger partial charge in [-0.2, -0.15) is 0 Å². The zero-order chi connectivity index (χ0) is 50.1. The van der Waals surface area contributed by atoms with Crippen molar-refractivity contribution < 1.29 is 43.7 Å². The van der Waals surface area contributed by atoms with E-state index in [0.29, 0.717) is 31.5 Å². The summed E-state index contributed by atoms with van der Waals surface area (Å²) in [4.78, 5) is 23.0. The molecule has 0 saturated carbocycles. The number of amides is 2. The van der Waals surface area contributed by atoms with Gasteiger partial charge in [-0.15, -0.1) is 12.4 Å². The van der Waals surface area contributed by atoms with E-state index in [2.05, 4.69) is 96.6 Å². The van der Waals surface area contributed by atoms with E-state index < -0.39 is 24.4 Å². The standard InChI is InChI=1S/C19H22INO3.C14H14INO.C13H18INO3.C6H7BO2.ClH/c1-19(2,3)24-18(22)21-12-11-14-9-10-17(16(20)13-14)23-15-7-5-4-6-8-15;15-13-10-11(8-9-16)6-7-14(13)17-12-4-2-1-3-5-12;1-13(2,3)18-12(17)15-7-6-9-4-5-11(16)10(14)8-9;8-7(9)6-4-2-1-3-5-6;/h4-10,13H,11-12H2,1-3H3,(H,21,22);1-7,10H,8-9,16H2;4-5,8,16H,6-7H2,1-3H3,(H,15,17);1-5,8-9H;1H. The second kappa shape index (κ2) is 31.8. The highest BCUT2D eigenvalue weighted by Crippen LogP contribution is 2.29. The number of carbonyl (C=O) groups is 2. The molecule has 0 atom stereocenters. The maximum absolute atomic E-state index is 11.6. The van der Waals surface area contributed by atoms with Gasteiger partial charge in [-0.25, -0.2) is 9.59 Å². The smallest absolute Gasteiger partial charge is 0.488 e. The van der Waals surface area contributed by atoms with Crippen LogP contribution < -0.4 is 31.3 Å². The first kappa shape index (κ1) is 60.8. The number of aromatic hydroxyl groups is 1. The molecule has 2 amide bonds. The van der Waals surface area contributed by atoms with Gasteiger partial charge in [0, 0.05) is 13.1 Å². The molecule has 0 aliphatic carbocycles. The van der Waals surface area contributed by atoms with E-state index in [1.54, 1.807) is 30.3 Å². The topological polar surface area (TPSA) is 182 Å². The van der Waals surface area contributed by atoms with Crippen LogP contribution in [0.25, 0.3) is 0 Å². The molecule has 6 aromatic carbocycles. The summed E-state index contributed by atoms with van der Waals surface area (Å²) >= 11 is 6.62. The van der Waals surface area contributed by atoms with E-state index in [1.807, 2.05) is 139 Å². The van der Waals surface area contributed by atoms with E-state index in [9.17, 15) is 14.7 Å². The normalized spacial score (nSPS) is 10.4. The zero-order valence-electron chi connectivity index (χ0n) is 39.6. The first-order valence-electron chi connectivity index (χ1n) is 21.8. The number of rotatable bonds is 13. The Labute approximate surface area is 454 Å². The fourth-order valence-electron chi connectivity index (χ4n) is 5.54. The lowest BCUT2D eigenvalue weighted by molar-refractivity contribution is 0.0517. The van der Waals surface area contributed by atoms with Crippen molar-refractivity contribution >= 4 is 105 Å². The highest BCUT2D eigenvalue weighted by Gasteiger charge is 2.17. The van der Waals surface area contributed by atoms with Crippen LogP contribution >= 0.6 is 80.2 Å². The number of halogens is 4. The SMILES string of the molecule is CC(C)(C)OC(=O)NCCc1ccc(O)c(I)c1.CC(C)(C)OC(=O)NCCc1ccc(Oc2ccccc2)c(I)c1.Cl.NCCc1ccc(Oc2ccccc2)c(I)c1.OB(O)c1ccccc1. The molecule has 0 aromatic heterocycles. The fourth-order valence-corrected chi connectivity index (χ4v) is 7.50. The lowest BCUT2D eigenvalue weighted by atomic mass is 9.81. The summed E-state index contributed by atoms with van der Waals surface area (Å²) in [6.45, 7) is 12.7. The highest BCUT2D eigenvalue weighted by atomic mass is 127. The molecule has 0 unspecified atom stereocenters. The summed E-state index contributed by atoms with van der Waals surface area (Å²) in [7, 11) is -1.34. The number of nitrogens with two attached hydrogens (primary N) is 1. The Morgan fingerprint density at radius 1 is 0.551 bits per heavy atom. The van der Waals surface area contributed by atoms with Crippen molar-refractivity contribution in [2.75, 3.05) is 19.6 Å². The maximum Gasteiger partial charge on any atom is 0.488 e. The summed E-state index contributed by atoms with van der Waals surface area (Å²) in [6.07, 6.45) is 1.55. The first-order valence-corrected chi connectivity index (χ1v) is 25.0. The highest BCUT2D eigenvalue weighted by molar-refractivity contribution is 14.1. The Morgan fingerprint density at radius 3 is 1.25 bits per heavy atom. The number of carbonyl (C=O) groups excluding carboxylic acids is 2. The third-order valence-electron chi connectivity index (χ3n) is 8.64. The first-order chi connectivity index (χ1) is 32.2. The number of phenolic OH excluding ortho intramolecular Hbond substituents is 1. The predicted octanol–water partition coefficient (Wildman–Crippen LogP) is 11.6.